The van der Waals surface area contributed by atoms with Crippen LogP contribution in [-0.4, -0.2) is 25.7 Å². The Bertz CT molecular complexity index is 286. The zero-order valence-corrected chi connectivity index (χ0v) is 9.53. The minimum absolute atomic E-state index is 0.257. The summed E-state index contributed by atoms with van der Waals surface area (Å²) >= 11 is 0. The Hall–Kier alpha value is -0.520. The number of Topliss-reactive ketones (excluding diaryl/α,β-unsaturated/α-hetero) is 1. The van der Waals surface area contributed by atoms with Crippen molar-refractivity contribution in [2.24, 2.45) is 0 Å². The molecular weight excluding hydrogens is 226 g/mol. The van der Waals surface area contributed by atoms with Crippen LogP contribution in [0, 0.1) is 0 Å². The third-order valence-electron chi connectivity index (χ3n) is 2.00. The van der Waals surface area contributed by atoms with E-state index in [0.29, 0.717) is 6.42 Å². The number of hydrogen-bond acceptors (Lipinski definition) is 3. The number of carbonyl (C=O) groups is 1. The molecule has 0 aliphatic heterocycles. The van der Waals surface area contributed by atoms with Crippen LogP contribution in [0.5, 0.6) is 0 Å². The van der Waals surface area contributed by atoms with Crippen LogP contribution in [0.4, 0.5) is 8.78 Å². The average Bonchev–Trinajstić information content (AvgIpc) is 2.15. The van der Waals surface area contributed by atoms with Crippen molar-refractivity contribution in [3.63, 3.8) is 0 Å². The maximum absolute atomic E-state index is 11.9. The number of hydrogen-bond donors (Lipinski definition) is 0. The predicted octanol–water partition coefficient (Wildman–Crippen LogP) is 2.16. The molecule has 0 fully saturated rings. The number of alkyl halides is 2. The molecule has 0 N–H and O–H groups in total. The number of carbonyl (C=O) groups excluding carboxylic acids is 1. The number of ketones is 1. The normalized spacial score (nSPS) is 12.0. The number of rotatable bonds is 8. The van der Waals surface area contributed by atoms with Gasteiger partial charge in [0.05, 0.1) is 5.75 Å². The van der Waals surface area contributed by atoms with E-state index in [1.54, 1.807) is 0 Å². The number of unbranched alkanes of at least 4 members (excludes halogenated alkanes) is 2. The molecule has 90 valence electrons. The van der Waals surface area contributed by atoms with E-state index < -0.39 is 21.3 Å². The molecule has 0 atom stereocenters. The largest absolute Gasteiger partial charge is 0.336 e. The van der Waals surface area contributed by atoms with E-state index in [4.69, 9.17) is 0 Å². The molecule has 3 nitrogen and oxygen atoms in total. The molecule has 0 rings (SSSR count). The van der Waals surface area contributed by atoms with Gasteiger partial charge in [-0.05, 0) is 6.42 Å². The molecule has 0 spiro atoms. The van der Waals surface area contributed by atoms with E-state index >= 15 is 0 Å². The topological polar surface area (TPSA) is 51.2 Å². The molecule has 0 aromatic carbocycles. The first kappa shape index (κ1) is 14.5. The summed E-state index contributed by atoms with van der Waals surface area (Å²) in [6.45, 7) is 1.98. The summed E-state index contributed by atoms with van der Waals surface area (Å²) in [7, 11) is -4.38. The molecular formula is C9H16F2O3S. The summed E-state index contributed by atoms with van der Waals surface area (Å²) < 4.78 is 45.1. The summed E-state index contributed by atoms with van der Waals surface area (Å²) in [6, 6.07) is 0. The standard InChI is InChI=1S/C9H16F2O3S/c1-2-3-4-5-8(12)6-7-15(13,14)9(10)11/h9H,2-7H2,1H3. The molecule has 0 radical (unpaired) electrons. The lowest BCUT2D eigenvalue weighted by atomic mass is 10.1. The highest BCUT2D eigenvalue weighted by atomic mass is 32.2. The molecule has 0 amide bonds. The molecule has 0 aliphatic carbocycles. The first-order chi connectivity index (χ1) is 6.90. The van der Waals surface area contributed by atoms with Crippen LogP contribution in [0.15, 0.2) is 0 Å². The molecule has 15 heavy (non-hydrogen) atoms. The van der Waals surface area contributed by atoms with Gasteiger partial charge in [-0.1, -0.05) is 19.8 Å². The van der Waals surface area contributed by atoms with Crippen molar-refractivity contribution in [2.75, 3.05) is 5.75 Å². The van der Waals surface area contributed by atoms with Crippen LogP contribution in [0.1, 0.15) is 39.0 Å². The van der Waals surface area contributed by atoms with Crippen LogP contribution < -0.4 is 0 Å². The number of sulfone groups is 1. The van der Waals surface area contributed by atoms with Gasteiger partial charge in [-0.3, -0.25) is 4.79 Å². The lowest BCUT2D eigenvalue weighted by Crippen LogP contribution is -2.17. The SMILES string of the molecule is CCCCCC(=O)CCS(=O)(=O)C(F)F. The second-order valence-corrected chi connectivity index (χ2v) is 5.46. The molecule has 0 heterocycles. The van der Waals surface area contributed by atoms with E-state index in [2.05, 4.69) is 0 Å². The van der Waals surface area contributed by atoms with Gasteiger partial charge in [-0.2, -0.15) is 8.78 Å². The molecule has 0 unspecified atom stereocenters. The second kappa shape index (κ2) is 6.87. The highest BCUT2D eigenvalue weighted by molar-refractivity contribution is 7.91. The maximum Gasteiger partial charge on any atom is 0.336 e. The van der Waals surface area contributed by atoms with Crippen molar-refractivity contribution in [1.29, 1.82) is 0 Å². The number of halogens is 2. The fraction of sp³-hybridized carbons (Fsp3) is 0.889. The van der Waals surface area contributed by atoms with Gasteiger partial charge >= 0.3 is 5.76 Å². The van der Waals surface area contributed by atoms with E-state index in [0.717, 1.165) is 12.8 Å². The van der Waals surface area contributed by atoms with Crippen LogP contribution in [0.3, 0.4) is 0 Å². The third-order valence-corrected chi connectivity index (χ3v) is 3.31. The van der Waals surface area contributed by atoms with Gasteiger partial charge in [0.1, 0.15) is 5.78 Å². The van der Waals surface area contributed by atoms with Crippen molar-refractivity contribution in [3.8, 4) is 0 Å². The zero-order chi connectivity index (χ0) is 11.9. The predicted molar refractivity (Wildman–Crippen MR) is 53.6 cm³/mol. The third kappa shape index (κ3) is 6.54. The fourth-order valence-corrected chi connectivity index (χ4v) is 1.73. The second-order valence-electron chi connectivity index (χ2n) is 3.37. The average molecular weight is 242 g/mol. The molecule has 0 saturated carbocycles. The van der Waals surface area contributed by atoms with Gasteiger partial charge in [-0.25, -0.2) is 8.42 Å². The lowest BCUT2D eigenvalue weighted by Gasteiger charge is -2.02. The lowest BCUT2D eigenvalue weighted by molar-refractivity contribution is -0.118. The molecule has 6 heteroatoms. The molecule has 0 bridgehead atoms. The summed E-state index contributed by atoms with van der Waals surface area (Å²) in [5.41, 5.74) is 0. The summed E-state index contributed by atoms with van der Waals surface area (Å²) in [5.74, 6) is -4.37. The Morgan fingerprint density at radius 3 is 2.27 bits per heavy atom. The molecule has 0 aliphatic rings. The van der Waals surface area contributed by atoms with Gasteiger partial charge in [0.25, 0.3) is 0 Å². The molecule has 0 saturated heterocycles. The Morgan fingerprint density at radius 1 is 1.20 bits per heavy atom. The Morgan fingerprint density at radius 2 is 1.80 bits per heavy atom. The van der Waals surface area contributed by atoms with Crippen molar-refractivity contribution in [1.82, 2.24) is 0 Å². The molecule has 0 aromatic rings. The monoisotopic (exact) mass is 242 g/mol. The smallest absolute Gasteiger partial charge is 0.300 e. The minimum Gasteiger partial charge on any atom is -0.300 e. The summed E-state index contributed by atoms with van der Waals surface area (Å²) in [5, 5.41) is 0. The summed E-state index contributed by atoms with van der Waals surface area (Å²) in [6.07, 6.45) is 2.54. The fourth-order valence-electron chi connectivity index (χ4n) is 1.04. The van der Waals surface area contributed by atoms with Gasteiger partial charge in [0.15, 0.2) is 0 Å². The first-order valence-electron chi connectivity index (χ1n) is 4.91. The van der Waals surface area contributed by atoms with Gasteiger partial charge in [-0.15, -0.1) is 0 Å². The Labute approximate surface area is 88.8 Å². The molecule has 0 aromatic heterocycles. The van der Waals surface area contributed by atoms with E-state index in [-0.39, 0.29) is 18.6 Å². The van der Waals surface area contributed by atoms with Crippen molar-refractivity contribution >= 4 is 15.6 Å². The van der Waals surface area contributed by atoms with Crippen LogP contribution in [-0.2, 0) is 14.6 Å². The van der Waals surface area contributed by atoms with Gasteiger partial charge in [0, 0.05) is 12.8 Å². The van der Waals surface area contributed by atoms with Crippen LogP contribution in [0.2, 0.25) is 0 Å². The summed E-state index contributed by atoms with van der Waals surface area (Å²) in [4.78, 5) is 11.1. The van der Waals surface area contributed by atoms with Crippen LogP contribution in [0.25, 0.3) is 0 Å². The van der Waals surface area contributed by atoms with Crippen LogP contribution >= 0.6 is 0 Å². The minimum atomic E-state index is -4.38. The van der Waals surface area contributed by atoms with E-state index in [1.165, 1.54) is 0 Å². The highest BCUT2D eigenvalue weighted by Crippen LogP contribution is 2.09. The van der Waals surface area contributed by atoms with Gasteiger partial charge in [0.2, 0.25) is 9.84 Å². The van der Waals surface area contributed by atoms with Crippen molar-refractivity contribution < 1.29 is 22.0 Å². The highest BCUT2D eigenvalue weighted by Gasteiger charge is 2.24. The first-order valence-corrected chi connectivity index (χ1v) is 6.63. The van der Waals surface area contributed by atoms with Crippen molar-refractivity contribution in [3.05, 3.63) is 0 Å². The van der Waals surface area contributed by atoms with Gasteiger partial charge < -0.3 is 0 Å². The van der Waals surface area contributed by atoms with E-state index in [1.807, 2.05) is 6.92 Å². The Kier molecular flexibility index (Phi) is 6.63. The zero-order valence-electron chi connectivity index (χ0n) is 8.71. The quantitative estimate of drug-likeness (QED) is 0.613. The van der Waals surface area contributed by atoms with E-state index in [9.17, 15) is 22.0 Å². The Balaban J connectivity index is 3.81. The maximum atomic E-state index is 11.9. The van der Waals surface area contributed by atoms with Crippen molar-refractivity contribution in [2.45, 2.75) is 44.8 Å².